The molecule has 1 aromatic carbocycles. The van der Waals surface area contributed by atoms with E-state index in [1.165, 1.54) is 0 Å². The maximum atomic E-state index is 12.2. The van der Waals surface area contributed by atoms with Crippen LogP contribution in [0.2, 0.25) is 0 Å². The molecular weight excluding hydrogens is 322 g/mol. The molecule has 1 aliphatic rings. The molecular formula is C18H27N3O4. The molecule has 138 valence electrons. The number of hydrogen-bond acceptors (Lipinski definition) is 5. The maximum Gasteiger partial charge on any atom is 0.232 e. The molecule has 2 rings (SSSR count). The van der Waals surface area contributed by atoms with E-state index in [2.05, 4.69) is 17.1 Å². The Morgan fingerprint density at radius 2 is 1.76 bits per heavy atom. The molecule has 0 spiro atoms. The van der Waals surface area contributed by atoms with Crippen LogP contribution in [0.25, 0.3) is 0 Å². The number of methoxy groups -OCH3 is 2. The van der Waals surface area contributed by atoms with Crippen molar-refractivity contribution in [2.45, 2.75) is 19.9 Å². The van der Waals surface area contributed by atoms with E-state index in [1.807, 2.05) is 12.1 Å². The summed E-state index contributed by atoms with van der Waals surface area (Å²) in [4.78, 5) is 28.3. The van der Waals surface area contributed by atoms with Crippen molar-refractivity contribution in [1.29, 1.82) is 0 Å². The Bertz CT molecular complexity index is 598. The van der Waals surface area contributed by atoms with Gasteiger partial charge in [0.1, 0.15) is 6.42 Å². The van der Waals surface area contributed by atoms with Crippen molar-refractivity contribution in [3.8, 4) is 11.5 Å². The van der Waals surface area contributed by atoms with E-state index in [1.54, 1.807) is 25.2 Å². The van der Waals surface area contributed by atoms with Crippen LogP contribution in [0.4, 0.5) is 0 Å². The number of nitrogens with zero attached hydrogens (tertiary/aromatic N) is 2. The lowest BCUT2D eigenvalue weighted by Crippen LogP contribution is -2.49. The van der Waals surface area contributed by atoms with Crippen LogP contribution < -0.4 is 14.8 Å². The SMILES string of the molecule is CCN1CCN(C(=O)CC(=O)NCc2ccc(OC)c(OC)c2)CC1. The molecule has 1 N–H and O–H groups in total. The van der Waals surface area contributed by atoms with Crippen LogP contribution in [-0.2, 0) is 16.1 Å². The Hall–Kier alpha value is -2.28. The van der Waals surface area contributed by atoms with Crippen LogP contribution in [0, 0.1) is 0 Å². The molecule has 7 nitrogen and oxygen atoms in total. The Morgan fingerprint density at radius 3 is 2.36 bits per heavy atom. The topological polar surface area (TPSA) is 71.1 Å². The van der Waals surface area contributed by atoms with Crippen LogP contribution in [0.1, 0.15) is 18.9 Å². The number of likely N-dealkylation sites (N-methyl/N-ethyl adjacent to an activating group) is 1. The van der Waals surface area contributed by atoms with Gasteiger partial charge >= 0.3 is 0 Å². The molecule has 2 amide bonds. The number of benzene rings is 1. The highest BCUT2D eigenvalue weighted by molar-refractivity contribution is 5.96. The average Bonchev–Trinajstić information content (AvgIpc) is 2.66. The summed E-state index contributed by atoms with van der Waals surface area (Å²) < 4.78 is 10.4. The smallest absolute Gasteiger partial charge is 0.232 e. The number of carbonyl (C=O) groups is 2. The number of hydrogen-bond donors (Lipinski definition) is 1. The summed E-state index contributed by atoms with van der Waals surface area (Å²) >= 11 is 0. The van der Waals surface area contributed by atoms with E-state index in [0.29, 0.717) is 31.1 Å². The van der Waals surface area contributed by atoms with Crippen molar-refractivity contribution in [3.05, 3.63) is 23.8 Å². The zero-order valence-corrected chi connectivity index (χ0v) is 15.2. The molecule has 0 unspecified atom stereocenters. The fourth-order valence-corrected chi connectivity index (χ4v) is 2.82. The average molecular weight is 349 g/mol. The van der Waals surface area contributed by atoms with Crippen LogP contribution in [0.15, 0.2) is 18.2 Å². The highest BCUT2D eigenvalue weighted by Gasteiger charge is 2.21. The maximum absolute atomic E-state index is 12.2. The first-order valence-corrected chi connectivity index (χ1v) is 8.55. The number of ether oxygens (including phenoxy) is 2. The van der Waals surface area contributed by atoms with Gasteiger partial charge in [0, 0.05) is 32.7 Å². The minimum Gasteiger partial charge on any atom is -0.493 e. The minimum atomic E-state index is -0.266. The minimum absolute atomic E-state index is 0.111. The third-order valence-corrected chi connectivity index (χ3v) is 4.42. The molecule has 1 saturated heterocycles. The van der Waals surface area contributed by atoms with Crippen LogP contribution in [0.3, 0.4) is 0 Å². The second-order valence-corrected chi connectivity index (χ2v) is 5.96. The molecule has 0 bridgehead atoms. The molecule has 0 aromatic heterocycles. The van der Waals surface area contributed by atoms with Gasteiger partial charge in [-0.05, 0) is 24.2 Å². The lowest BCUT2D eigenvalue weighted by atomic mass is 10.2. The number of nitrogens with one attached hydrogen (secondary N) is 1. The molecule has 0 atom stereocenters. The second kappa shape index (κ2) is 9.27. The number of rotatable bonds is 7. The summed E-state index contributed by atoms with van der Waals surface area (Å²) in [6, 6.07) is 5.46. The largest absolute Gasteiger partial charge is 0.493 e. The zero-order chi connectivity index (χ0) is 18.2. The van der Waals surface area contributed by atoms with Gasteiger partial charge in [-0.25, -0.2) is 0 Å². The molecule has 1 fully saturated rings. The summed E-state index contributed by atoms with van der Waals surface area (Å²) in [5.74, 6) is 0.872. The third kappa shape index (κ3) is 5.35. The fourth-order valence-electron chi connectivity index (χ4n) is 2.82. The van der Waals surface area contributed by atoms with E-state index in [9.17, 15) is 9.59 Å². The quantitative estimate of drug-likeness (QED) is 0.740. The van der Waals surface area contributed by atoms with Crippen molar-refractivity contribution in [3.63, 3.8) is 0 Å². The summed E-state index contributed by atoms with van der Waals surface area (Å²) in [7, 11) is 3.14. The lowest BCUT2D eigenvalue weighted by molar-refractivity contribution is -0.137. The number of piperazine rings is 1. The molecule has 0 aliphatic carbocycles. The first-order chi connectivity index (χ1) is 12.1. The molecule has 1 aromatic rings. The monoisotopic (exact) mass is 349 g/mol. The number of amides is 2. The van der Waals surface area contributed by atoms with Gasteiger partial charge in [0.05, 0.1) is 14.2 Å². The molecule has 1 heterocycles. The van der Waals surface area contributed by atoms with Crippen molar-refractivity contribution < 1.29 is 19.1 Å². The Labute approximate surface area is 148 Å². The van der Waals surface area contributed by atoms with E-state index in [4.69, 9.17) is 9.47 Å². The predicted octanol–water partition coefficient (Wildman–Crippen LogP) is 0.874. The van der Waals surface area contributed by atoms with E-state index in [0.717, 1.165) is 25.2 Å². The molecule has 25 heavy (non-hydrogen) atoms. The fraction of sp³-hybridized carbons (Fsp3) is 0.556. The summed E-state index contributed by atoms with van der Waals surface area (Å²) in [6.45, 7) is 6.57. The van der Waals surface area contributed by atoms with Crippen LogP contribution in [0.5, 0.6) is 11.5 Å². The van der Waals surface area contributed by atoms with Crippen molar-refractivity contribution in [2.24, 2.45) is 0 Å². The van der Waals surface area contributed by atoms with Gasteiger partial charge in [-0.1, -0.05) is 13.0 Å². The van der Waals surface area contributed by atoms with Gasteiger partial charge in [-0.15, -0.1) is 0 Å². The van der Waals surface area contributed by atoms with Crippen LogP contribution >= 0.6 is 0 Å². The Morgan fingerprint density at radius 1 is 1.08 bits per heavy atom. The van der Waals surface area contributed by atoms with E-state index < -0.39 is 0 Å². The molecule has 0 radical (unpaired) electrons. The van der Waals surface area contributed by atoms with Crippen molar-refractivity contribution >= 4 is 11.8 Å². The predicted molar refractivity (Wildman–Crippen MR) is 94.7 cm³/mol. The third-order valence-electron chi connectivity index (χ3n) is 4.42. The number of carbonyl (C=O) groups excluding carboxylic acids is 2. The lowest BCUT2D eigenvalue weighted by Gasteiger charge is -2.34. The van der Waals surface area contributed by atoms with Crippen LogP contribution in [-0.4, -0.2) is 68.6 Å². The summed E-state index contributed by atoms with van der Waals surface area (Å²) in [5, 5.41) is 2.78. The molecule has 1 aliphatic heterocycles. The molecule has 7 heteroatoms. The Kier molecular flexibility index (Phi) is 7.06. The summed E-state index contributed by atoms with van der Waals surface area (Å²) in [6.07, 6.45) is -0.112. The van der Waals surface area contributed by atoms with Gasteiger partial charge in [0.25, 0.3) is 0 Å². The zero-order valence-electron chi connectivity index (χ0n) is 15.2. The summed E-state index contributed by atoms with van der Waals surface area (Å²) in [5.41, 5.74) is 0.884. The van der Waals surface area contributed by atoms with Gasteiger partial charge in [0.2, 0.25) is 11.8 Å². The second-order valence-electron chi connectivity index (χ2n) is 5.96. The standard InChI is InChI=1S/C18H27N3O4/c1-4-20-7-9-21(10-8-20)18(23)12-17(22)19-13-14-5-6-15(24-2)16(11-14)25-3/h5-6,11H,4,7-10,12-13H2,1-3H3,(H,19,22). The van der Waals surface area contributed by atoms with Gasteiger partial charge in [-0.3, -0.25) is 9.59 Å². The van der Waals surface area contributed by atoms with Crippen molar-refractivity contribution in [2.75, 3.05) is 46.9 Å². The van der Waals surface area contributed by atoms with Gasteiger partial charge < -0.3 is 24.6 Å². The van der Waals surface area contributed by atoms with Crippen molar-refractivity contribution in [1.82, 2.24) is 15.1 Å². The normalized spacial score (nSPS) is 14.9. The van der Waals surface area contributed by atoms with Gasteiger partial charge in [-0.2, -0.15) is 0 Å². The first kappa shape index (κ1) is 19.1. The van der Waals surface area contributed by atoms with E-state index in [-0.39, 0.29) is 18.2 Å². The Balaban J connectivity index is 1.79. The highest BCUT2D eigenvalue weighted by Crippen LogP contribution is 2.27. The van der Waals surface area contributed by atoms with E-state index >= 15 is 0 Å². The first-order valence-electron chi connectivity index (χ1n) is 8.55. The highest BCUT2D eigenvalue weighted by atomic mass is 16.5. The molecule has 0 saturated carbocycles. The van der Waals surface area contributed by atoms with Gasteiger partial charge in [0.15, 0.2) is 11.5 Å².